The minimum atomic E-state index is 0.324. The normalized spacial score (nSPS) is 12.1. The van der Waals surface area contributed by atoms with Gasteiger partial charge in [-0.1, -0.05) is 101 Å². The quantitative estimate of drug-likeness (QED) is 0.297. The van der Waals surface area contributed by atoms with Gasteiger partial charge in [0, 0.05) is 6.04 Å². The molecule has 0 saturated carbocycles. The van der Waals surface area contributed by atoms with Crippen LogP contribution >= 0.6 is 0 Å². The number of rotatable bonds is 6. The SMILES string of the molecule is CC.CCc1ccc(Cc2ccc(C(C)C)cc2)cc1.Cc1ccc(N=C2C=CC(=NC(C)C)C=C2)cc1. The number of nitrogens with zero attached hydrogens (tertiary/aromatic N) is 2. The maximum atomic E-state index is 4.56. The Morgan fingerprint density at radius 2 is 1.08 bits per heavy atom. The maximum Gasteiger partial charge on any atom is 0.0638 e. The Hall–Kier alpha value is -3.52. The number of aliphatic imine (C=N–C) groups is 2. The lowest BCUT2D eigenvalue weighted by Gasteiger charge is -2.07. The third-order valence-corrected chi connectivity index (χ3v) is 6.04. The highest BCUT2D eigenvalue weighted by atomic mass is 14.8. The van der Waals surface area contributed by atoms with Gasteiger partial charge in [-0.2, -0.15) is 0 Å². The lowest BCUT2D eigenvalue weighted by Crippen LogP contribution is -2.02. The summed E-state index contributed by atoms with van der Waals surface area (Å²) in [5, 5.41) is 0. The molecular weight excluding hydrogens is 460 g/mol. The van der Waals surface area contributed by atoms with Gasteiger partial charge in [-0.05, 0) is 98.2 Å². The van der Waals surface area contributed by atoms with Crippen LogP contribution in [0, 0.1) is 6.92 Å². The van der Waals surface area contributed by atoms with Crippen LogP contribution in [0.15, 0.2) is 107 Å². The first-order valence-electron chi connectivity index (χ1n) is 14.1. The summed E-state index contributed by atoms with van der Waals surface area (Å²) in [4.78, 5) is 9.04. The Labute approximate surface area is 232 Å². The van der Waals surface area contributed by atoms with E-state index < -0.39 is 0 Å². The molecule has 2 heteroatoms. The van der Waals surface area contributed by atoms with E-state index >= 15 is 0 Å². The molecule has 1 aliphatic rings. The van der Waals surface area contributed by atoms with E-state index in [0.717, 1.165) is 30.0 Å². The minimum Gasteiger partial charge on any atom is -0.283 e. The molecule has 0 amide bonds. The number of aryl methyl sites for hydroxylation is 2. The maximum absolute atomic E-state index is 4.56. The molecular formula is C36H46N2. The van der Waals surface area contributed by atoms with Crippen molar-refractivity contribution < 1.29 is 0 Å². The van der Waals surface area contributed by atoms with Gasteiger partial charge in [0.25, 0.3) is 0 Å². The van der Waals surface area contributed by atoms with E-state index in [1.807, 2.05) is 50.3 Å². The van der Waals surface area contributed by atoms with E-state index in [1.54, 1.807) is 0 Å². The molecule has 3 aromatic carbocycles. The van der Waals surface area contributed by atoms with Crippen LogP contribution in [0.3, 0.4) is 0 Å². The Morgan fingerprint density at radius 3 is 1.55 bits per heavy atom. The van der Waals surface area contributed by atoms with Crippen molar-refractivity contribution in [3.63, 3.8) is 0 Å². The molecule has 0 unspecified atom stereocenters. The number of hydrogen-bond donors (Lipinski definition) is 0. The van der Waals surface area contributed by atoms with Gasteiger partial charge in [-0.15, -0.1) is 0 Å². The molecule has 200 valence electrons. The minimum absolute atomic E-state index is 0.324. The van der Waals surface area contributed by atoms with E-state index in [-0.39, 0.29) is 0 Å². The fourth-order valence-corrected chi connectivity index (χ4v) is 3.83. The second-order valence-corrected chi connectivity index (χ2v) is 9.93. The molecule has 0 aliphatic heterocycles. The van der Waals surface area contributed by atoms with Crippen LogP contribution in [0.4, 0.5) is 5.69 Å². The van der Waals surface area contributed by atoms with Gasteiger partial charge in [0.1, 0.15) is 0 Å². The molecule has 0 bridgehead atoms. The van der Waals surface area contributed by atoms with Crippen molar-refractivity contribution in [1.82, 2.24) is 0 Å². The van der Waals surface area contributed by atoms with Crippen molar-refractivity contribution in [2.24, 2.45) is 9.98 Å². The number of allylic oxidation sites excluding steroid dienone is 4. The molecule has 1 aliphatic carbocycles. The average Bonchev–Trinajstić information content (AvgIpc) is 2.93. The van der Waals surface area contributed by atoms with Crippen molar-refractivity contribution in [3.8, 4) is 0 Å². The van der Waals surface area contributed by atoms with Crippen molar-refractivity contribution >= 4 is 17.1 Å². The molecule has 0 aromatic heterocycles. The van der Waals surface area contributed by atoms with E-state index in [9.17, 15) is 0 Å². The topological polar surface area (TPSA) is 24.7 Å². The first kappa shape index (κ1) is 30.7. The first-order chi connectivity index (χ1) is 18.3. The van der Waals surface area contributed by atoms with Crippen LogP contribution in [0.2, 0.25) is 0 Å². The zero-order valence-corrected chi connectivity index (χ0v) is 24.7. The van der Waals surface area contributed by atoms with Crippen LogP contribution in [0.25, 0.3) is 0 Å². The van der Waals surface area contributed by atoms with E-state index in [0.29, 0.717) is 12.0 Å². The van der Waals surface area contributed by atoms with Crippen molar-refractivity contribution in [1.29, 1.82) is 0 Å². The highest BCUT2D eigenvalue weighted by molar-refractivity contribution is 6.19. The zero-order valence-electron chi connectivity index (χ0n) is 24.7. The molecule has 0 N–H and O–H groups in total. The van der Waals surface area contributed by atoms with E-state index in [1.165, 1.54) is 27.8 Å². The number of benzene rings is 3. The molecule has 0 saturated heterocycles. The highest BCUT2D eigenvalue weighted by Gasteiger charge is 2.01. The summed E-state index contributed by atoms with van der Waals surface area (Å²) >= 11 is 0. The fourth-order valence-electron chi connectivity index (χ4n) is 3.83. The van der Waals surface area contributed by atoms with Gasteiger partial charge < -0.3 is 0 Å². The van der Waals surface area contributed by atoms with Crippen molar-refractivity contribution in [3.05, 3.63) is 125 Å². The summed E-state index contributed by atoms with van der Waals surface area (Å²) in [5.74, 6) is 0.614. The summed E-state index contributed by atoms with van der Waals surface area (Å²) in [7, 11) is 0. The Balaban J connectivity index is 0.000000251. The van der Waals surface area contributed by atoms with Gasteiger partial charge in [0.15, 0.2) is 0 Å². The summed E-state index contributed by atoms with van der Waals surface area (Å²) in [6.07, 6.45) is 10.2. The van der Waals surface area contributed by atoms with Gasteiger partial charge in [0.2, 0.25) is 0 Å². The van der Waals surface area contributed by atoms with E-state index in [4.69, 9.17) is 0 Å². The van der Waals surface area contributed by atoms with Crippen LogP contribution in [0.1, 0.15) is 82.2 Å². The highest BCUT2D eigenvalue weighted by Crippen LogP contribution is 2.17. The second-order valence-electron chi connectivity index (χ2n) is 9.93. The van der Waals surface area contributed by atoms with Gasteiger partial charge >= 0.3 is 0 Å². The summed E-state index contributed by atoms with van der Waals surface area (Å²) in [5.41, 5.74) is 9.81. The summed E-state index contributed by atoms with van der Waals surface area (Å²) in [6, 6.07) is 26.5. The summed E-state index contributed by atoms with van der Waals surface area (Å²) < 4.78 is 0. The van der Waals surface area contributed by atoms with Gasteiger partial charge in [-0.3, -0.25) is 4.99 Å². The predicted octanol–water partition coefficient (Wildman–Crippen LogP) is 10.0. The monoisotopic (exact) mass is 506 g/mol. The van der Waals surface area contributed by atoms with Gasteiger partial charge in [-0.25, -0.2) is 4.99 Å². The smallest absolute Gasteiger partial charge is 0.0638 e. The van der Waals surface area contributed by atoms with Crippen molar-refractivity contribution in [2.75, 3.05) is 0 Å². The second kappa shape index (κ2) is 16.3. The molecule has 0 radical (unpaired) electrons. The predicted molar refractivity (Wildman–Crippen MR) is 170 cm³/mol. The van der Waals surface area contributed by atoms with Crippen LogP contribution in [-0.2, 0) is 12.8 Å². The third-order valence-electron chi connectivity index (χ3n) is 6.04. The molecule has 2 nitrogen and oxygen atoms in total. The molecule has 4 rings (SSSR count). The largest absolute Gasteiger partial charge is 0.283 e. The standard InChI is InChI=1S/C18H22.C16H18N2.C2H6/c1-4-15-5-7-16(8-6-15)13-17-9-11-18(12-10-17)14(2)3;1-12(2)17-14-8-10-16(11-9-14)18-15-6-4-13(3)5-7-15;1-2/h5-12,14H,4,13H2,1-3H3;4-12H,1-3H3;1-2H3. The average molecular weight is 507 g/mol. The van der Waals surface area contributed by atoms with Gasteiger partial charge in [0.05, 0.1) is 17.1 Å². The lowest BCUT2D eigenvalue weighted by atomic mass is 9.98. The third kappa shape index (κ3) is 10.8. The Morgan fingerprint density at radius 1 is 0.605 bits per heavy atom. The van der Waals surface area contributed by atoms with Crippen molar-refractivity contribution in [2.45, 2.75) is 80.2 Å². The summed E-state index contributed by atoms with van der Waals surface area (Å²) in [6.45, 7) is 16.9. The molecule has 0 atom stereocenters. The van der Waals surface area contributed by atoms with Crippen LogP contribution < -0.4 is 0 Å². The molecule has 38 heavy (non-hydrogen) atoms. The number of hydrogen-bond acceptors (Lipinski definition) is 2. The fraction of sp³-hybridized carbons (Fsp3) is 0.333. The Kier molecular flexibility index (Phi) is 13.2. The van der Waals surface area contributed by atoms with Crippen LogP contribution in [0.5, 0.6) is 0 Å². The Bertz CT molecular complexity index is 1190. The van der Waals surface area contributed by atoms with E-state index in [2.05, 4.69) is 112 Å². The molecule has 3 aromatic rings. The molecule has 0 spiro atoms. The molecule has 0 fully saturated rings. The zero-order chi connectivity index (χ0) is 27.9. The molecule has 0 heterocycles. The first-order valence-corrected chi connectivity index (χ1v) is 14.1. The van der Waals surface area contributed by atoms with Crippen LogP contribution in [-0.4, -0.2) is 17.5 Å². The lowest BCUT2D eigenvalue weighted by molar-refractivity contribution is 0.838.